The monoisotopic (exact) mass is 348 g/mol. The molecular weight excluding hydrogens is 336 g/mol. The highest BCUT2D eigenvalue weighted by atomic mass is 35.5. The molecular formula is C12H13ClN2O6S. The number of hydrogen-bond donors (Lipinski definition) is 2. The Labute approximate surface area is 134 Å². The Morgan fingerprint density at radius 3 is 2.73 bits per heavy atom. The Morgan fingerprint density at radius 2 is 2.18 bits per heavy atom. The summed E-state index contributed by atoms with van der Waals surface area (Å²) in [5, 5.41) is 11.2. The summed E-state index contributed by atoms with van der Waals surface area (Å²) in [6.45, 7) is 1.70. The smallest absolute Gasteiger partial charge is 0.353 e. The average molecular weight is 349 g/mol. The van der Waals surface area contributed by atoms with E-state index >= 15 is 0 Å². The molecule has 0 radical (unpaired) electrons. The number of carbonyl (C=O) groups excluding carboxylic acids is 3. The van der Waals surface area contributed by atoms with E-state index in [2.05, 4.69) is 5.32 Å². The Kier molecular flexibility index (Phi) is 4.97. The van der Waals surface area contributed by atoms with Crippen LogP contribution in [-0.2, 0) is 23.9 Å². The van der Waals surface area contributed by atoms with Gasteiger partial charge in [0.25, 0.3) is 5.91 Å². The van der Waals surface area contributed by atoms with Crippen molar-refractivity contribution in [2.75, 3.05) is 18.2 Å². The maximum Gasteiger partial charge on any atom is 0.353 e. The fraction of sp³-hybridized carbons (Fsp3) is 0.500. The lowest BCUT2D eigenvalue weighted by Gasteiger charge is -2.49. The minimum absolute atomic E-state index is 0.0638. The molecule has 2 rings (SSSR count). The Hall–Kier alpha value is -1.74. The number of halogens is 1. The number of amides is 2. The zero-order valence-electron chi connectivity index (χ0n) is 11.5. The number of esters is 1. The predicted molar refractivity (Wildman–Crippen MR) is 77.0 cm³/mol. The molecule has 120 valence electrons. The Morgan fingerprint density at radius 1 is 1.50 bits per heavy atom. The molecule has 2 N–H and O–H groups in total. The number of aliphatic carboxylic acids is 1. The molecule has 0 saturated carbocycles. The van der Waals surface area contributed by atoms with Gasteiger partial charge in [0.15, 0.2) is 0 Å². The van der Waals surface area contributed by atoms with Gasteiger partial charge < -0.3 is 15.2 Å². The fourth-order valence-electron chi connectivity index (χ4n) is 2.21. The minimum Gasteiger partial charge on any atom is -0.477 e. The molecule has 1 fully saturated rings. The van der Waals surface area contributed by atoms with E-state index in [0.717, 1.165) is 4.90 Å². The number of fused-ring (bicyclic) bond motifs is 1. The number of rotatable bonds is 5. The summed E-state index contributed by atoms with van der Waals surface area (Å²) >= 11 is 6.56. The van der Waals surface area contributed by atoms with Crippen molar-refractivity contribution in [1.82, 2.24) is 10.2 Å². The van der Waals surface area contributed by atoms with Crippen LogP contribution in [0, 0.1) is 0 Å². The third-order valence-electron chi connectivity index (χ3n) is 3.13. The molecule has 1 saturated heterocycles. The van der Waals surface area contributed by atoms with E-state index in [1.165, 1.54) is 11.8 Å². The van der Waals surface area contributed by atoms with Crippen molar-refractivity contribution in [2.45, 2.75) is 18.3 Å². The van der Waals surface area contributed by atoms with Gasteiger partial charge in [-0.05, 0) is 6.92 Å². The maximum atomic E-state index is 12.1. The van der Waals surface area contributed by atoms with Gasteiger partial charge in [-0.15, -0.1) is 23.4 Å². The number of carbonyl (C=O) groups is 4. The number of carboxylic acids is 1. The van der Waals surface area contributed by atoms with Gasteiger partial charge in [0.1, 0.15) is 23.0 Å². The second-order valence-electron chi connectivity index (χ2n) is 4.44. The van der Waals surface area contributed by atoms with Gasteiger partial charge in [-0.3, -0.25) is 14.5 Å². The number of carboxylic acid groups (broad SMARTS) is 1. The predicted octanol–water partition coefficient (Wildman–Crippen LogP) is -0.473. The highest BCUT2D eigenvalue weighted by Gasteiger charge is 2.55. The Bertz CT molecular complexity index is 578. The molecule has 0 spiro atoms. The van der Waals surface area contributed by atoms with E-state index in [4.69, 9.17) is 16.3 Å². The van der Waals surface area contributed by atoms with Crippen molar-refractivity contribution in [2.24, 2.45) is 0 Å². The molecule has 0 aliphatic carbocycles. The van der Waals surface area contributed by atoms with E-state index in [9.17, 15) is 24.3 Å². The van der Waals surface area contributed by atoms with Gasteiger partial charge in [-0.25, -0.2) is 9.59 Å². The Balaban J connectivity index is 2.27. The van der Waals surface area contributed by atoms with E-state index in [-0.39, 0.29) is 29.5 Å². The molecule has 8 nitrogen and oxygen atoms in total. The summed E-state index contributed by atoms with van der Waals surface area (Å²) in [6.07, 6.45) is 0. The molecule has 0 aromatic carbocycles. The number of nitrogens with zero attached hydrogens (tertiary/aromatic N) is 1. The van der Waals surface area contributed by atoms with Crippen molar-refractivity contribution in [3.05, 3.63) is 11.3 Å². The quantitative estimate of drug-likeness (QED) is 0.392. The first-order chi connectivity index (χ1) is 10.4. The molecule has 10 heteroatoms. The van der Waals surface area contributed by atoms with Gasteiger partial charge in [-0.2, -0.15) is 0 Å². The van der Waals surface area contributed by atoms with Crippen LogP contribution in [0.5, 0.6) is 0 Å². The molecule has 2 aliphatic rings. The maximum absolute atomic E-state index is 12.1. The van der Waals surface area contributed by atoms with Crippen molar-refractivity contribution < 1.29 is 29.0 Å². The minimum atomic E-state index is -1.39. The molecule has 0 bridgehead atoms. The van der Waals surface area contributed by atoms with Crippen LogP contribution in [0.15, 0.2) is 11.3 Å². The van der Waals surface area contributed by atoms with E-state index in [1.807, 2.05) is 0 Å². The zero-order chi connectivity index (χ0) is 16.4. The molecule has 0 aromatic rings. The molecule has 22 heavy (non-hydrogen) atoms. The van der Waals surface area contributed by atoms with Crippen LogP contribution in [0.1, 0.15) is 6.92 Å². The third kappa shape index (κ3) is 2.78. The zero-order valence-corrected chi connectivity index (χ0v) is 13.1. The van der Waals surface area contributed by atoms with Gasteiger partial charge >= 0.3 is 11.9 Å². The number of alkyl halides is 1. The van der Waals surface area contributed by atoms with Crippen molar-refractivity contribution in [1.29, 1.82) is 0 Å². The summed E-state index contributed by atoms with van der Waals surface area (Å²) in [5.74, 6) is -3.46. The normalized spacial score (nSPS) is 23.5. The van der Waals surface area contributed by atoms with Crippen molar-refractivity contribution in [3.8, 4) is 0 Å². The molecule has 0 aromatic heterocycles. The van der Waals surface area contributed by atoms with Gasteiger partial charge in [0, 0.05) is 5.75 Å². The van der Waals surface area contributed by atoms with Gasteiger partial charge in [0.2, 0.25) is 5.91 Å². The van der Waals surface area contributed by atoms with Crippen molar-refractivity contribution in [3.63, 3.8) is 0 Å². The van der Waals surface area contributed by atoms with E-state index in [0.29, 0.717) is 0 Å². The second kappa shape index (κ2) is 6.57. The van der Waals surface area contributed by atoms with Crippen molar-refractivity contribution >= 4 is 47.1 Å². The van der Waals surface area contributed by atoms with Crippen LogP contribution in [0.25, 0.3) is 0 Å². The standard InChI is InChI=1S/C12H13ClN2O6S/c1-2-21-12(20)5-4-22-10-7(14-6(16)3-13)9(17)15(10)8(5)11(18)19/h7,10H,2-4H2,1H3,(H,14,16)(H,18,19)/t7?,10-/m1/s1. The van der Waals surface area contributed by atoms with Crippen LogP contribution >= 0.6 is 23.4 Å². The first kappa shape index (κ1) is 16.6. The average Bonchev–Trinajstić information content (AvgIpc) is 2.50. The number of nitrogens with one attached hydrogen (secondary N) is 1. The number of ether oxygens (including phenoxy) is 1. The van der Waals surface area contributed by atoms with Crippen LogP contribution < -0.4 is 5.32 Å². The molecule has 2 amide bonds. The second-order valence-corrected chi connectivity index (χ2v) is 5.81. The molecule has 1 unspecified atom stereocenters. The van der Waals surface area contributed by atoms with E-state index in [1.54, 1.807) is 6.92 Å². The summed E-state index contributed by atoms with van der Waals surface area (Å²) in [6, 6.07) is -0.839. The van der Waals surface area contributed by atoms with Gasteiger partial charge in [0.05, 0.1) is 12.2 Å². The number of β-lactam (4-membered cyclic amide) rings is 1. The lowest BCUT2D eigenvalue weighted by atomic mass is 10.0. The van der Waals surface area contributed by atoms with Crippen LogP contribution in [0.4, 0.5) is 0 Å². The summed E-state index contributed by atoms with van der Waals surface area (Å²) in [5.41, 5.74) is -0.449. The molecule has 2 aliphatic heterocycles. The first-order valence-corrected chi connectivity index (χ1v) is 7.94. The number of hydrogen-bond acceptors (Lipinski definition) is 6. The highest BCUT2D eigenvalue weighted by Crippen LogP contribution is 2.40. The lowest BCUT2D eigenvalue weighted by Crippen LogP contribution is -2.70. The van der Waals surface area contributed by atoms with Crippen LogP contribution in [0.3, 0.4) is 0 Å². The molecule has 2 atom stereocenters. The topological polar surface area (TPSA) is 113 Å². The first-order valence-electron chi connectivity index (χ1n) is 6.35. The number of thioether (sulfide) groups is 1. The fourth-order valence-corrected chi connectivity index (χ4v) is 3.61. The van der Waals surface area contributed by atoms with E-state index < -0.39 is 35.2 Å². The summed E-state index contributed by atoms with van der Waals surface area (Å²) in [7, 11) is 0. The van der Waals surface area contributed by atoms with Crippen LogP contribution in [0.2, 0.25) is 0 Å². The van der Waals surface area contributed by atoms with Crippen LogP contribution in [-0.4, -0.2) is 63.4 Å². The lowest BCUT2D eigenvalue weighted by molar-refractivity contribution is -0.151. The molecule has 2 heterocycles. The largest absolute Gasteiger partial charge is 0.477 e. The SMILES string of the molecule is CCOC(=O)C1=C(C(=O)O)N2C(=O)C(NC(=O)CCl)[C@H]2SC1. The summed E-state index contributed by atoms with van der Waals surface area (Å²) < 4.78 is 4.81. The van der Waals surface area contributed by atoms with Gasteiger partial charge in [-0.1, -0.05) is 0 Å². The summed E-state index contributed by atoms with van der Waals surface area (Å²) in [4.78, 5) is 47.6. The highest BCUT2D eigenvalue weighted by molar-refractivity contribution is 8.00. The third-order valence-corrected chi connectivity index (χ3v) is 4.65.